The number of phenolic OH excluding ortho intramolecular Hbond substituents is 1. The second-order valence-corrected chi connectivity index (χ2v) is 3.74. The Morgan fingerprint density at radius 2 is 2.06 bits per heavy atom. The molecular weight excluding hydrogens is 238 g/mol. The van der Waals surface area contributed by atoms with Gasteiger partial charge in [0.15, 0.2) is 0 Å². The number of phenols is 1. The lowest BCUT2D eigenvalue weighted by molar-refractivity contribution is 0.0680. The minimum Gasteiger partial charge on any atom is -0.508 e. The number of aromatic hydroxyl groups is 1. The molecule has 18 heavy (non-hydrogen) atoms. The molecule has 1 atom stereocenters. The summed E-state index contributed by atoms with van der Waals surface area (Å²) in [5.41, 5.74) is 6.70. The van der Waals surface area contributed by atoms with Gasteiger partial charge >= 0.3 is 5.97 Å². The summed E-state index contributed by atoms with van der Waals surface area (Å²) in [6.45, 7) is 0. The number of aromatic carboxylic acids is 1. The van der Waals surface area contributed by atoms with Crippen molar-refractivity contribution in [2.45, 2.75) is 12.5 Å². The zero-order valence-corrected chi connectivity index (χ0v) is 9.28. The Bertz CT molecular complexity index is 550. The van der Waals surface area contributed by atoms with Gasteiger partial charge in [0, 0.05) is 0 Å². The van der Waals surface area contributed by atoms with E-state index in [0.717, 1.165) is 5.56 Å². The van der Waals surface area contributed by atoms with Crippen LogP contribution in [0.15, 0.2) is 28.8 Å². The van der Waals surface area contributed by atoms with E-state index in [1.54, 1.807) is 24.3 Å². The van der Waals surface area contributed by atoms with Gasteiger partial charge in [-0.1, -0.05) is 12.1 Å². The topological polar surface area (TPSA) is 122 Å². The van der Waals surface area contributed by atoms with E-state index in [2.05, 4.69) is 10.1 Å². The van der Waals surface area contributed by atoms with Gasteiger partial charge in [-0.2, -0.15) is 4.98 Å². The van der Waals surface area contributed by atoms with Crippen molar-refractivity contribution in [3.63, 3.8) is 0 Å². The highest BCUT2D eigenvalue weighted by Gasteiger charge is 2.18. The van der Waals surface area contributed by atoms with Crippen molar-refractivity contribution in [3.8, 4) is 5.75 Å². The Kier molecular flexibility index (Phi) is 3.24. The number of nitrogens with zero attached hydrogens (tertiary/aromatic N) is 2. The first-order valence-electron chi connectivity index (χ1n) is 5.16. The van der Waals surface area contributed by atoms with Crippen molar-refractivity contribution in [3.05, 3.63) is 41.5 Å². The molecule has 94 valence electrons. The summed E-state index contributed by atoms with van der Waals surface area (Å²) in [7, 11) is 0. The molecule has 1 heterocycles. The first-order chi connectivity index (χ1) is 8.56. The van der Waals surface area contributed by atoms with Crippen LogP contribution in [0.2, 0.25) is 0 Å². The number of hydrogen-bond acceptors (Lipinski definition) is 6. The fraction of sp³-hybridized carbons (Fsp3) is 0.182. The zero-order chi connectivity index (χ0) is 13.1. The van der Waals surface area contributed by atoms with E-state index in [9.17, 15) is 4.79 Å². The Balaban J connectivity index is 2.09. The summed E-state index contributed by atoms with van der Waals surface area (Å²) in [4.78, 5) is 14.3. The van der Waals surface area contributed by atoms with Gasteiger partial charge in [0.2, 0.25) is 5.89 Å². The van der Waals surface area contributed by atoms with Crippen LogP contribution in [0.3, 0.4) is 0 Å². The predicted molar refractivity (Wildman–Crippen MR) is 60.0 cm³/mol. The van der Waals surface area contributed by atoms with Crippen LogP contribution in [0.25, 0.3) is 0 Å². The second-order valence-electron chi connectivity index (χ2n) is 3.74. The molecule has 0 saturated heterocycles. The predicted octanol–water partition coefficient (Wildman–Crippen LogP) is 0.716. The minimum absolute atomic E-state index is 0.0699. The van der Waals surface area contributed by atoms with E-state index in [-0.39, 0.29) is 11.6 Å². The summed E-state index contributed by atoms with van der Waals surface area (Å²) in [6.07, 6.45) is 0.404. The van der Waals surface area contributed by atoms with Gasteiger partial charge in [-0.05, 0) is 29.3 Å². The molecule has 2 aromatic rings. The van der Waals surface area contributed by atoms with Crippen LogP contribution in [-0.2, 0) is 6.42 Å². The minimum atomic E-state index is -1.26. The van der Waals surface area contributed by atoms with Crippen molar-refractivity contribution in [2.75, 3.05) is 0 Å². The fourth-order valence-corrected chi connectivity index (χ4v) is 1.45. The molecule has 2 rings (SSSR count). The average Bonchev–Trinajstić information content (AvgIpc) is 2.81. The van der Waals surface area contributed by atoms with Crippen LogP contribution in [0.5, 0.6) is 5.75 Å². The van der Waals surface area contributed by atoms with Crippen molar-refractivity contribution < 1.29 is 19.5 Å². The van der Waals surface area contributed by atoms with Crippen LogP contribution < -0.4 is 5.73 Å². The maximum Gasteiger partial charge on any atom is 0.377 e. The summed E-state index contributed by atoms with van der Waals surface area (Å²) < 4.78 is 4.77. The lowest BCUT2D eigenvalue weighted by Gasteiger charge is -2.06. The Labute approximate surface area is 102 Å². The van der Waals surface area contributed by atoms with Crippen molar-refractivity contribution >= 4 is 5.97 Å². The fourth-order valence-electron chi connectivity index (χ4n) is 1.45. The van der Waals surface area contributed by atoms with Crippen LogP contribution in [-0.4, -0.2) is 26.3 Å². The van der Waals surface area contributed by atoms with Gasteiger partial charge in [0.1, 0.15) is 5.75 Å². The van der Waals surface area contributed by atoms with Crippen LogP contribution in [0, 0.1) is 0 Å². The van der Waals surface area contributed by atoms with Crippen molar-refractivity contribution in [1.82, 2.24) is 10.1 Å². The molecule has 0 amide bonds. The number of carbonyl (C=O) groups is 1. The molecule has 0 unspecified atom stereocenters. The smallest absolute Gasteiger partial charge is 0.377 e. The highest BCUT2D eigenvalue weighted by molar-refractivity contribution is 5.82. The Morgan fingerprint density at radius 1 is 1.39 bits per heavy atom. The third-order valence-corrected chi connectivity index (χ3v) is 2.34. The molecule has 0 aliphatic rings. The molecule has 0 bridgehead atoms. The van der Waals surface area contributed by atoms with E-state index in [1.165, 1.54) is 0 Å². The number of rotatable bonds is 4. The first kappa shape index (κ1) is 12.1. The molecule has 7 heteroatoms. The number of carboxylic acids is 1. The maximum absolute atomic E-state index is 10.6. The van der Waals surface area contributed by atoms with Crippen LogP contribution in [0.1, 0.15) is 28.1 Å². The lowest BCUT2D eigenvalue weighted by atomic mass is 10.1. The van der Waals surface area contributed by atoms with Crippen LogP contribution in [0.4, 0.5) is 0 Å². The second kappa shape index (κ2) is 4.84. The SMILES string of the molecule is N[C@@H](Cc1ccc(O)cc1)c1nc(C(=O)O)no1. The first-order valence-corrected chi connectivity index (χ1v) is 5.16. The third-order valence-electron chi connectivity index (χ3n) is 2.34. The zero-order valence-electron chi connectivity index (χ0n) is 9.28. The Morgan fingerprint density at radius 3 is 2.61 bits per heavy atom. The van der Waals surface area contributed by atoms with Gasteiger partial charge in [-0.15, -0.1) is 0 Å². The molecule has 1 aromatic heterocycles. The summed E-state index contributed by atoms with van der Waals surface area (Å²) in [5, 5.41) is 21.1. The number of nitrogens with two attached hydrogens (primary N) is 1. The van der Waals surface area contributed by atoms with E-state index < -0.39 is 17.8 Å². The highest BCUT2D eigenvalue weighted by atomic mass is 16.5. The van der Waals surface area contributed by atoms with Gasteiger partial charge < -0.3 is 20.5 Å². The third kappa shape index (κ3) is 2.64. The normalized spacial score (nSPS) is 12.3. The molecule has 0 aliphatic heterocycles. The van der Waals surface area contributed by atoms with E-state index in [4.69, 9.17) is 20.5 Å². The molecule has 7 nitrogen and oxygen atoms in total. The number of benzene rings is 1. The van der Waals surface area contributed by atoms with Crippen molar-refractivity contribution in [1.29, 1.82) is 0 Å². The molecule has 0 radical (unpaired) electrons. The summed E-state index contributed by atoms with van der Waals surface area (Å²) >= 11 is 0. The summed E-state index contributed by atoms with van der Waals surface area (Å²) in [5.74, 6) is -1.44. The van der Waals surface area contributed by atoms with Gasteiger partial charge in [-0.3, -0.25) is 0 Å². The van der Waals surface area contributed by atoms with Gasteiger partial charge in [-0.25, -0.2) is 4.79 Å². The van der Waals surface area contributed by atoms with E-state index >= 15 is 0 Å². The molecule has 1 aromatic carbocycles. The van der Waals surface area contributed by atoms with Crippen LogP contribution >= 0.6 is 0 Å². The quantitative estimate of drug-likeness (QED) is 0.729. The standard InChI is InChI=1S/C11H11N3O4/c12-8(5-6-1-3-7(15)4-2-6)10-13-9(11(16)17)14-18-10/h1-4,8,15H,5,12H2,(H,16,17)/t8-/m0/s1. The van der Waals surface area contributed by atoms with Gasteiger partial charge in [0.25, 0.3) is 5.82 Å². The van der Waals surface area contributed by atoms with E-state index in [1.807, 2.05) is 0 Å². The molecule has 0 spiro atoms. The van der Waals surface area contributed by atoms with E-state index in [0.29, 0.717) is 6.42 Å². The monoisotopic (exact) mass is 249 g/mol. The molecule has 0 fully saturated rings. The average molecular weight is 249 g/mol. The molecule has 0 saturated carbocycles. The number of carboxylic acid groups (broad SMARTS) is 1. The maximum atomic E-state index is 10.6. The molecule has 0 aliphatic carbocycles. The lowest BCUT2D eigenvalue weighted by Crippen LogP contribution is -2.14. The molecule has 4 N–H and O–H groups in total. The van der Waals surface area contributed by atoms with Crippen molar-refractivity contribution in [2.24, 2.45) is 5.73 Å². The molecular formula is C11H11N3O4. The largest absolute Gasteiger partial charge is 0.508 e. The van der Waals surface area contributed by atoms with Gasteiger partial charge in [0.05, 0.1) is 6.04 Å². The Hall–Kier alpha value is -2.41. The highest BCUT2D eigenvalue weighted by Crippen LogP contribution is 2.16. The summed E-state index contributed by atoms with van der Waals surface area (Å²) in [6, 6.07) is 5.92. The number of aromatic nitrogens is 2. The number of hydrogen-bond donors (Lipinski definition) is 3.